The van der Waals surface area contributed by atoms with Crippen molar-refractivity contribution in [3.63, 3.8) is 0 Å². The van der Waals surface area contributed by atoms with Gasteiger partial charge in [-0.3, -0.25) is 9.59 Å². The van der Waals surface area contributed by atoms with Gasteiger partial charge in [0.1, 0.15) is 11.4 Å². The van der Waals surface area contributed by atoms with Crippen molar-refractivity contribution >= 4 is 29.6 Å². The number of halogens is 4. The van der Waals surface area contributed by atoms with Gasteiger partial charge in [-0.2, -0.15) is 18.4 Å². The van der Waals surface area contributed by atoms with Crippen molar-refractivity contribution in [2.45, 2.75) is 77.1 Å². The zero-order chi connectivity index (χ0) is 44.9. The van der Waals surface area contributed by atoms with E-state index in [0.717, 1.165) is 17.9 Å². The van der Waals surface area contributed by atoms with Crippen molar-refractivity contribution in [3.8, 4) is 28.4 Å². The van der Waals surface area contributed by atoms with Gasteiger partial charge in [-0.1, -0.05) is 12.1 Å². The summed E-state index contributed by atoms with van der Waals surface area (Å²) >= 11 is 0. The van der Waals surface area contributed by atoms with E-state index in [1.807, 2.05) is 14.1 Å². The molecule has 1 aliphatic carbocycles. The number of benzene rings is 2. The number of nitrogens with zero attached hydrogens (tertiary/aromatic N) is 6. The summed E-state index contributed by atoms with van der Waals surface area (Å²) < 4.78 is 58.2. The molecule has 0 saturated heterocycles. The highest BCUT2D eigenvalue weighted by Crippen LogP contribution is 2.33. The summed E-state index contributed by atoms with van der Waals surface area (Å²) in [6.07, 6.45) is -0.707. The molecular weight excluding hydrogens is 806 g/mol. The number of aromatic amines is 1. The molecule has 2 aromatic heterocycles. The molecule has 4 aromatic rings. The summed E-state index contributed by atoms with van der Waals surface area (Å²) in [5, 5.41) is 23.9. The second kappa shape index (κ2) is 21.5. The third-order valence-corrected chi connectivity index (χ3v) is 9.40. The van der Waals surface area contributed by atoms with Crippen molar-refractivity contribution in [2.75, 3.05) is 38.7 Å². The molecule has 2 heterocycles. The number of amides is 3. The van der Waals surface area contributed by atoms with E-state index in [4.69, 9.17) is 25.1 Å². The molecule has 5 N–H and O–H groups in total. The average Bonchev–Trinajstić information content (AvgIpc) is 3.74. The largest absolute Gasteiger partial charge is 0.490 e. The number of H-pyrrole nitrogens is 1. The first-order valence-corrected chi connectivity index (χ1v) is 19.5. The zero-order valence-corrected chi connectivity index (χ0v) is 34.5. The molecule has 1 saturated carbocycles. The summed E-state index contributed by atoms with van der Waals surface area (Å²) in [5.74, 6) is -3.65. The van der Waals surface area contributed by atoms with Crippen molar-refractivity contribution in [1.29, 1.82) is 0 Å². The van der Waals surface area contributed by atoms with Gasteiger partial charge < -0.3 is 30.5 Å². The van der Waals surface area contributed by atoms with E-state index in [9.17, 15) is 27.6 Å². The normalized spacial score (nSPS) is 15.9. The fourth-order valence-corrected chi connectivity index (χ4v) is 6.35. The number of nitrogens with one attached hydrogen (secondary N) is 2. The number of ether oxygens (including phenoxy) is 2. The van der Waals surface area contributed by atoms with Crippen LogP contribution in [0.5, 0.6) is 5.88 Å². The monoisotopic (exact) mass is 857 g/mol. The molecule has 1 atom stereocenters. The standard InChI is InChI=1S/C39H50FN9O5.C2HF3O2/c1-39(2,3)54-38(52)43-23-25-7-10-28(11-8-25)36(50)49(30-15-12-27(13-16-30)35-44-46-47-45-35)37(51)33(41)22-26-9-17-31(32(40)21-26)29-14-18-34(42-24-29)53-20-6-19-48(4)5;3-2(4,5)1(6)7/h9,12-18,21,24-25,28,33H,6-8,10-11,19-20,22-23,41H2,1-5H3,(H,43,52)(H,44,45,46,47);(H,6,7)/t25-,28-,33-;/m0./s1. The molecule has 20 heteroatoms. The predicted molar refractivity (Wildman–Crippen MR) is 215 cm³/mol. The molecule has 330 valence electrons. The van der Waals surface area contributed by atoms with Gasteiger partial charge >= 0.3 is 18.2 Å². The van der Waals surface area contributed by atoms with E-state index in [1.165, 1.54) is 6.07 Å². The lowest BCUT2D eigenvalue weighted by molar-refractivity contribution is -0.192. The molecule has 1 aliphatic rings. The Morgan fingerprint density at radius 3 is 2.18 bits per heavy atom. The van der Waals surface area contributed by atoms with Crippen LogP contribution in [0.2, 0.25) is 0 Å². The number of carboxylic acids is 1. The van der Waals surface area contributed by atoms with Crippen LogP contribution in [-0.2, 0) is 25.5 Å². The summed E-state index contributed by atoms with van der Waals surface area (Å²) in [4.78, 5) is 56.9. The number of alkyl halides is 3. The van der Waals surface area contributed by atoms with Gasteiger partial charge in [0.15, 0.2) is 0 Å². The molecule has 5 rings (SSSR count). The van der Waals surface area contributed by atoms with E-state index in [1.54, 1.807) is 75.5 Å². The molecule has 1 fully saturated rings. The van der Waals surface area contributed by atoms with Crippen LogP contribution >= 0.6 is 0 Å². The van der Waals surface area contributed by atoms with E-state index in [-0.39, 0.29) is 18.2 Å². The molecule has 3 amide bonds. The van der Waals surface area contributed by atoms with Gasteiger partial charge in [0.05, 0.1) is 18.3 Å². The first-order valence-electron chi connectivity index (χ1n) is 19.5. The van der Waals surface area contributed by atoms with Crippen molar-refractivity contribution in [1.82, 2.24) is 35.8 Å². The molecule has 0 unspecified atom stereocenters. The molecular formula is C41H51F4N9O7. The maximum absolute atomic E-state index is 15.5. The van der Waals surface area contributed by atoms with Crippen LogP contribution in [0.1, 0.15) is 58.4 Å². The number of hydrogen-bond acceptors (Lipinski definition) is 12. The summed E-state index contributed by atoms with van der Waals surface area (Å²) in [7, 11) is 4.00. The summed E-state index contributed by atoms with van der Waals surface area (Å²) in [6.45, 7) is 7.27. The maximum Gasteiger partial charge on any atom is 0.490 e. The smallest absolute Gasteiger partial charge is 0.478 e. The SMILES string of the molecule is CN(C)CCCOc1ccc(-c2ccc(C[C@H](N)C(=O)N(c3ccc(-c4nn[nH]n4)cc3)C(=O)[C@H]3CC[C@H](CNC(=O)OC(C)(C)C)CC3)cc2F)cn1.O=C(O)C(F)(F)F. The molecule has 0 aliphatic heterocycles. The third-order valence-electron chi connectivity index (χ3n) is 9.40. The number of pyridine rings is 1. The number of tetrazole rings is 1. The number of carboxylic acid groups (broad SMARTS) is 1. The number of carbonyl (C=O) groups excluding carboxylic acids is 3. The molecule has 0 spiro atoms. The lowest BCUT2D eigenvalue weighted by atomic mass is 9.81. The van der Waals surface area contributed by atoms with E-state index >= 15 is 4.39 Å². The van der Waals surface area contributed by atoms with Crippen molar-refractivity contribution < 1.29 is 51.3 Å². The minimum atomic E-state index is -5.08. The van der Waals surface area contributed by atoms with Gasteiger partial charge in [-0.15, -0.1) is 10.2 Å². The number of alkyl carbamates (subject to hydrolysis) is 1. The van der Waals surface area contributed by atoms with E-state index < -0.39 is 47.5 Å². The molecule has 16 nitrogen and oxygen atoms in total. The van der Waals surface area contributed by atoms with Crippen LogP contribution in [-0.4, -0.2) is 111 Å². The van der Waals surface area contributed by atoms with Crippen LogP contribution in [0.3, 0.4) is 0 Å². The number of imide groups is 1. The average molecular weight is 858 g/mol. The van der Waals surface area contributed by atoms with Gasteiger partial charge in [0.2, 0.25) is 17.6 Å². The summed E-state index contributed by atoms with van der Waals surface area (Å²) in [6, 6.07) is 13.7. The lowest BCUT2D eigenvalue weighted by Crippen LogP contribution is -2.50. The Hall–Kier alpha value is -6.02. The van der Waals surface area contributed by atoms with Crippen LogP contribution in [0.4, 0.5) is 28.0 Å². The van der Waals surface area contributed by atoms with Crippen LogP contribution in [0.25, 0.3) is 22.5 Å². The van der Waals surface area contributed by atoms with E-state index in [0.29, 0.717) is 78.5 Å². The van der Waals surface area contributed by atoms with Gasteiger partial charge in [-0.25, -0.2) is 23.9 Å². The van der Waals surface area contributed by atoms with Crippen LogP contribution in [0, 0.1) is 17.7 Å². The number of nitrogens with two attached hydrogens (primary N) is 1. The van der Waals surface area contributed by atoms with Gasteiger partial charge in [-0.05, 0) is 126 Å². The number of rotatable bonds is 14. The highest BCUT2D eigenvalue weighted by molar-refractivity contribution is 6.17. The first-order chi connectivity index (χ1) is 28.7. The topological polar surface area (TPSA) is 219 Å². The molecule has 61 heavy (non-hydrogen) atoms. The first kappa shape index (κ1) is 47.7. The fourth-order valence-electron chi connectivity index (χ4n) is 6.35. The van der Waals surface area contributed by atoms with Crippen LogP contribution < -0.4 is 20.7 Å². The minimum Gasteiger partial charge on any atom is -0.478 e. The highest BCUT2D eigenvalue weighted by Gasteiger charge is 2.38. The quantitative estimate of drug-likeness (QED) is 0.0873. The number of carbonyl (C=O) groups is 4. The molecule has 0 bridgehead atoms. The second-order valence-electron chi connectivity index (χ2n) is 15.7. The van der Waals surface area contributed by atoms with Gasteiger partial charge in [0.25, 0.3) is 5.91 Å². The second-order valence-corrected chi connectivity index (χ2v) is 15.7. The van der Waals surface area contributed by atoms with E-state index in [2.05, 4.69) is 35.8 Å². The van der Waals surface area contributed by atoms with Crippen molar-refractivity contribution in [3.05, 3.63) is 72.2 Å². The Kier molecular flexibility index (Phi) is 16.8. The third kappa shape index (κ3) is 14.9. The summed E-state index contributed by atoms with van der Waals surface area (Å²) in [5.41, 5.74) is 8.32. The predicted octanol–water partition coefficient (Wildman–Crippen LogP) is 5.79. The maximum atomic E-state index is 15.5. The Bertz CT molecular complexity index is 2050. The Morgan fingerprint density at radius 2 is 1.64 bits per heavy atom. The van der Waals surface area contributed by atoms with Crippen molar-refractivity contribution in [2.24, 2.45) is 17.6 Å². The fraction of sp³-hybridized carbons (Fsp3) is 0.463. The Labute approximate surface area is 350 Å². The number of anilines is 1. The molecule has 2 aromatic carbocycles. The number of hydrogen-bond donors (Lipinski definition) is 4. The Balaban J connectivity index is 0.00000107. The number of aromatic nitrogens is 5. The highest BCUT2D eigenvalue weighted by atomic mass is 19.4. The minimum absolute atomic E-state index is 0.00179. The van der Waals surface area contributed by atoms with Crippen LogP contribution in [0.15, 0.2) is 60.8 Å². The zero-order valence-electron chi connectivity index (χ0n) is 34.5. The Morgan fingerprint density at radius 1 is 0.984 bits per heavy atom. The molecule has 0 radical (unpaired) electrons. The lowest BCUT2D eigenvalue weighted by Gasteiger charge is -2.32. The van der Waals surface area contributed by atoms with Gasteiger partial charge in [0, 0.05) is 48.0 Å². The number of aliphatic carboxylic acids is 1.